The first kappa shape index (κ1) is 24.2. The van der Waals surface area contributed by atoms with Gasteiger partial charge in [-0.15, -0.1) is 0 Å². The van der Waals surface area contributed by atoms with E-state index in [4.69, 9.17) is 11.6 Å². The van der Waals surface area contributed by atoms with Gasteiger partial charge in [0.25, 0.3) is 0 Å². The lowest BCUT2D eigenvalue weighted by atomic mass is 10.1. The predicted octanol–water partition coefficient (Wildman–Crippen LogP) is 5.25. The highest BCUT2D eigenvalue weighted by Crippen LogP contribution is 2.34. The Labute approximate surface area is 174 Å². The summed E-state index contributed by atoms with van der Waals surface area (Å²) in [6.45, 7) is 8.06. The molecule has 3 rings (SSSR count). The number of hydrogen-bond acceptors (Lipinski definition) is 3. The van der Waals surface area contributed by atoms with E-state index in [1.54, 1.807) is 12.1 Å². The van der Waals surface area contributed by atoms with Crippen LogP contribution in [0.2, 0.25) is 5.02 Å². The van der Waals surface area contributed by atoms with Gasteiger partial charge in [0.2, 0.25) is 5.91 Å². The number of benzene rings is 2. The molecule has 6 heteroatoms. The second-order valence-corrected chi connectivity index (χ2v) is 9.18. The van der Waals surface area contributed by atoms with Crippen LogP contribution in [0.5, 0.6) is 0 Å². The predicted molar refractivity (Wildman–Crippen MR) is 117 cm³/mol. The molecule has 1 atom stereocenters. The molecule has 0 spiro atoms. The van der Waals surface area contributed by atoms with E-state index in [0.717, 1.165) is 24.0 Å². The van der Waals surface area contributed by atoms with E-state index in [0.29, 0.717) is 17.3 Å². The van der Waals surface area contributed by atoms with Gasteiger partial charge in [0.1, 0.15) is 0 Å². The van der Waals surface area contributed by atoms with Crippen LogP contribution >= 0.6 is 11.6 Å². The monoisotopic (exact) mass is 423 g/mol. The standard InChI is InChI=1S/C11H14O2S.C9H10ClNO.C2H6/c1-9-4-6-10(7-5-9)11-3-2-8-14(11,12)13;1-7(12)11-6-8-2-4-9(10)5-3-8;1-2/h4-7,11H,2-3,8H2,1H3;2-5H,6H2,1H3,(H,11,12);1-2H3/t11-;;/m0../s1. The van der Waals surface area contributed by atoms with E-state index < -0.39 is 9.84 Å². The molecule has 0 unspecified atom stereocenters. The zero-order chi connectivity index (χ0) is 21.2. The molecule has 0 bridgehead atoms. The van der Waals surface area contributed by atoms with Crippen molar-refractivity contribution in [3.8, 4) is 0 Å². The highest BCUT2D eigenvalue weighted by atomic mass is 35.5. The zero-order valence-corrected chi connectivity index (χ0v) is 18.6. The molecule has 0 aromatic heterocycles. The van der Waals surface area contributed by atoms with Gasteiger partial charge < -0.3 is 5.32 Å². The Morgan fingerprint density at radius 2 is 1.64 bits per heavy atom. The zero-order valence-electron chi connectivity index (χ0n) is 17.0. The van der Waals surface area contributed by atoms with Gasteiger partial charge in [0, 0.05) is 18.5 Å². The number of hydrogen-bond donors (Lipinski definition) is 1. The van der Waals surface area contributed by atoms with Crippen LogP contribution in [0, 0.1) is 6.92 Å². The molecule has 2 aromatic carbocycles. The minimum Gasteiger partial charge on any atom is -0.352 e. The minimum absolute atomic E-state index is 0.0232. The topological polar surface area (TPSA) is 63.2 Å². The van der Waals surface area contributed by atoms with Crippen molar-refractivity contribution in [3.05, 3.63) is 70.2 Å². The van der Waals surface area contributed by atoms with Crippen LogP contribution in [0.15, 0.2) is 48.5 Å². The molecule has 1 saturated heterocycles. The number of rotatable bonds is 3. The van der Waals surface area contributed by atoms with Gasteiger partial charge in [-0.1, -0.05) is 67.4 Å². The maximum absolute atomic E-state index is 11.6. The molecule has 1 aliphatic rings. The Kier molecular flexibility index (Phi) is 10.3. The van der Waals surface area contributed by atoms with E-state index in [1.807, 2.05) is 57.2 Å². The summed E-state index contributed by atoms with van der Waals surface area (Å²) in [7, 11) is -2.85. The lowest BCUT2D eigenvalue weighted by molar-refractivity contribution is -0.119. The van der Waals surface area contributed by atoms with Crippen LogP contribution in [0.4, 0.5) is 0 Å². The normalized spacial score (nSPS) is 16.8. The molecule has 28 heavy (non-hydrogen) atoms. The highest BCUT2D eigenvalue weighted by Gasteiger charge is 2.32. The maximum Gasteiger partial charge on any atom is 0.217 e. The molecular formula is C22H30ClNO3S. The maximum atomic E-state index is 11.6. The van der Waals surface area contributed by atoms with Crippen LogP contribution in [-0.4, -0.2) is 20.1 Å². The second kappa shape index (κ2) is 11.9. The van der Waals surface area contributed by atoms with Gasteiger partial charge in [-0.25, -0.2) is 8.42 Å². The summed E-state index contributed by atoms with van der Waals surface area (Å²) in [5, 5.41) is 3.16. The van der Waals surface area contributed by atoms with E-state index in [1.165, 1.54) is 12.5 Å². The number of amides is 1. The summed E-state index contributed by atoms with van der Waals surface area (Å²) in [6, 6.07) is 15.2. The van der Waals surface area contributed by atoms with E-state index in [9.17, 15) is 13.2 Å². The molecule has 0 saturated carbocycles. The summed E-state index contributed by atoms with van der Waals surface area (Å²) in [6.07, 6.45) is 1.59. The van der Waals surface area contributed by atoms with Crippen molar-refractivity contribution in [3.63, 3.8) is 0 Å². The molecule has 154 valence electrons. The molecule has 1 aliphatic heterocycles. The molecule has 4 nitrogen and oxygen atoms in total. The fraction of sp³-hybridized carbons (Fsp3) is 0.409. The van der Waals surface area contributed by atoms with Crippen LogP contribution in [0.3, 0.4) is 0 Å². The Morgan fingerprint density at radius 1 is 1.07 bits per heavy atom. The van der Waals surface area contributed by atoms with Crippen molar-refractivity contribution in [2.24, 2.45) is 0 Å². The fourth-order valence-electron chi connectivity index (χ4n) is 2.78. The largest absolute Gasteiger partial charge is 0.352 e. The summed E-state index contributed by atoms with van der Waals surface area (Å²) >= 11 is 5.69. The van der Waals surface area contributed by atoms with Crippen LogP contribution in [-0.2, 0) is 21.2 Å². The van der Waals surface area contributed by atoms with Gasteiger partial charge in [0.15, 0.2) is 9.84 Å². The quantitative estimate of drug-likeness (QED) is 0.733. The number of nitrogens with one attached hydrogen (secondary N) is 1. The van der Waals surface area contributed by atoms with Gasteiger partial charge >= 0.3 is 0 Å². The number of halogens is 1. The lowest BCUT2D eigenvalue weighted by Gasteiger charge is -2.09. The van der Waals surface area contributed by atoms with Gasteiger partial charge in [-0.05, 0) is 43.0 Å². The fourth-order valence-corrected chi connectivity index (χ4v) is 4.85. The third kappa shape index (κ3) is 8.03. The van der Waals surface area contributed by atoms with Gasteiger partial charge in [0.05, 0.1) is 11.0 Å². The summed E-state index contributed by atoms with van der Waals surface area (Å²) in [4.78, 5) is 10.5. The molecule has 0 aliphatic carbocycles. The average Bonchev–Trinajstić information content (AvgIpc) is 3.03. The molecule has 2 aromatic rings. The van der Waals surface area contributed by atoms with E-state index in [-0.39, 0.29) is 11.2 Å². The minimum atomic E-state index is -2.85. The van der Waals surface area contributed by atoms with Crippen molar-refractivity contribution in [2.45, 2.75) is 52.3 Å². The Morgan fingerprint density at radius 3 is 2.11 bits per heavy atom. The Balaban J connectivity index is 0.000000260. The first-order valence-corrected chi connectivity index (χ1v) is 11.6. The first-order valence-electron chi connectivity index (χ1n) is 9.55. The average molecular weight is 424 g/mol. The Bertz CT molecular complexity index is 831. The number of aryl methyl sites for hydroxylation is 1. The van der Waals surface area contributed by atoms with Crippen molar-refractivity contribution in [1.82, 2.24) is 5.32 Å². The molecule has 1 amide bonds. The first-order chi connectivity index (χ1) is 13.3. The smallest absolute Gasteiger partial charge is 0.217 e. The second-order valence-electron chi connectivity index (χ2n) is 6.44. The van der Waals surface area contributed by atoms with E-state index in [2.05, 4.69) is 5.32 Å². The van der Waals surface area contributed by atoms with Crippen molar-refractivity contribution in [2.75, 3.05) is 5.75 Å². The molecule has 1 N–H and O–H groups in total. The SMILES string of the molecule is CC.CC(=O)NCc1ccc(Cl)cc1.Cc1ccc([C@@H]2CCCS2(=O)=O)cc1. The third-order valence-corrected chi connectivity index (χ3v) is 6.72. The third-order valence-electron chi connectivity index (χ3n) is 4.23. The number of carbonyl (C=O) groups excluding carboxylic acids is 1. The lowest BCUT2D eigenvalue weighted by Crippen LogP contribution is -2.18. The molecule has 1 heterocycles. The van der Waals surface area contributed by atoms with Crippen molar-refractivity contribution in [1.29, 1.82) is 0 Å². The molecule has 1 fully saturated rings. The summed E-state index contributed by atoms with van der Waals surface area (Å²) in [5.74, 6) is 0.330. The number of carbonyl (C=O) groups is 1. The molecular weight excluding hydrogens is 394 g/mol. The van der Waals surface area contributed by atoms with Crippen LogP contribution in [0.1, 0.15) is 55.6 Å². The van der Waals surface area contributed by atoms with E-state index >= 15 is 0 Å². The van der Waals surface area contributed by atoms with Crippen LogP contribution in [0.25, 0.3) is 0 Å². The Hall–Kier alpha value is -1.85. The summed E-state index contributed by atoms with van der Waals surface area (Å²) in [5.41, 5.74) is 3.17. The van der Waals surface area contributed by atoms with Gasteiger partial charge in [-0.2, -0.15) is 0 Å². The van der Waals surface area contributed by atoms with Crippen molar-refractivity contribution >= 4 is 27.3 Å². The highest BCUT2D eigenvalue weighted by molar-refractivity contribution is 7.91. The van der Waals surface area contributed by atoms with Gasteiger partial charge in [-0.3, -0.25) is 4.79 Å². The number of sulfone groups is 1. The molecule has 0 radical (unpaired) electrons. The summed E-state index contributed by atoms with van der Waals surface area (Å²) < 4.78 is 23.3. The van der Waals surface area contributed by atoms with Crippen molar-refractivity contribution < 1.29 is 13.2 Å². The van der Waals surface area contributed by atoms with Crippen LogP contribution < -0.4 is 5.32 Å².